The molecular formula is C5H9NO3. The van der Waals surface area contributed by atoms with Crippen LogP contribution in [0.5, 0.6) is 0 Å². The standard InChI is InChI=1S/C5H9NO3/c6-3-4(7)1-2-5(8)9/h1-3,6H2,(H,8,9)/i2+1. The highest BCUT2D eigenvalue weighted by Crippen LogP contribution is 1.87. The average molecular weight is 132 g/mol. The summed E-state index contributed by atoms with van der Waals surface area (Å²) in [6.07, 6.45) is -0.0676. The van der Waals surface area contributed by atoms with Crippen LogP contribution in [0.1, 0.15) is 12.8 Å². The summed E-state index contributed by atoms with van der Waals surface area (Å²) < 4.78 is 0. The highest BCUT2D eigenvalue weighted by atomic mass is 16.4. The quantitative estimate of drug-likeness (QED) is 0.499. The van der Waals surface area contributed by atoms with E-state index in [0.29, 0.717) is 0 Å². The lowest BCUT2D eigenvalue weighted by molar-refractivity contribution is -0.138. The fourth-order valence-electron chi connectivity index (χ4n) is 0.348. The number of carboxylic acid groups (broad SMARTS) is 1. The number of hydrogen-bond acceptors (Lipinski definition) is 3. The zero-order valence-electron chi connectivity index (χ0n) is 4.96. The molecule has 0 aromatic heterocycles. The summed E-state index contributed by atoms with van der Waals surface area (Å²) in [5.74, 6) is -1.17. The lowest BCUT2D eigenvalue weighted by Gasteiger charge is -1.90. The summed E-state index contributed by atoms with van der Waals surface area (Å²) >= 11 is 0. The Morgan fingerprint density at radius 2 is 1.89 bits per heavy atom. The van der Waals surface area contributed by atoms with Gasteiger partial charge in [-0.3, -0.25) is 9.59 Å². The number of rotatable bonds is 4. The van der Waals surface area contributed by atoms with E-state index in [0.717, 1.165) is 0 Å². The van der Waals surface area contributed by atoms with Crippen molar-refractivity contribution in [2.45, 2.75) is 12.8 Å². The van der Waals surface area contributed by atoms with Crippen molar-refractivity contribution >= 4 is 11.8 Å². The van der Waals surface area contributed by atoms with Crippen LogP contribution in [0.3, 0.4) is 0 Å². The zero-order chi connectivity index (χ0) is 7.28. The number of carboxylic acids is 1. The summed E-state index contributed by atoms with van der Waals surface area (Å²) in [6, 6.07) is 0. The first-order valence-corrected chi connectivity index (χ1v) is 2.60. The molecule has 0 fully saturated rings. The molecule has 0 unspecified atom stereocenters. The first-order valence-electron chi connectivity index (χ1n) is 2.60. The molecule has 0 spiro atoms. The van der Waals surface area contributed by atoms with Crippen LogP contribution in [0, 0.1) is 0 Å². The molecule has 0 saturated heterocycles. The maximum Gasteiger partial charge on any atom is 0.303 e. The lowest BCUT2D eigenvalue weighted by atomic mass is 10.3. The SMILES string of the molecule is NCC(=O)C[13CH2]C(=O)O. The van der Waals surface area contributed by atoms with Crippen LogP contribution >= 0.6 is 0 Å². The van der Waals surface area contributed by atoms with Crippen molar-refractivity contribution in [3.05, 3.63) is 0 Å². The van der Waals surface area contributed by atoms with E-state index in [1.807, 2.05) is 0 Å². The van der Waals surface area contributed by atoms with Gasteiger partial charge in [-0.05, 0) is 0 Å². The normalized spacial score (nSPS) is 9.00. The van der Waals surface area contributed by atoms with Gasteiger partial charge in [0.2, 0.25) is 0 Å². The van der Waals surface area contributed by atoms with Gasteiger partial charge < -0.3 is 10.8 Å². The van der Waals surface area contributed by atoms with Gasteiger partial charge in [0.1, 0.15) is 5.78 Å². The van der Waals surface area contributed by atoms with Crippen LogP contribution in [0.2, 0.25) is 0 Å². The average Bonchev–Trinajstić information content (AvgIpc) is 1.83. The van der Waals surface area contributed by atoms with Crippen molar-refractivity contribution in [3.8, 4) is 0 Å². The topological polar surface area (TPSA) is 80.4 Å². The van der Waals surface area contributed by atoms with Crippen molar-refractivity contribution in [2.75, 3.05) is 6.54 Å². The Kier molecular flexibility index (Phi) is 3.62. The molecule has 0 heterocycles. The second-order valence-corrected chi connectivity index (χ2v) is 1.64. The van der Waals surface area contributed by atoms with Crippen molar-refractivity contribution in [1.82, 2.24) is 0 Å². The molecule has 0 aliphatic carbocycles. The first-order chi connectivity index (χ1) is 4.16. The lowest BCUT2D eigenvalue weighted by Crippen LogP contribution is -2.14. The Morgan fingerprint density at radius 1 is 1.33 bits per heavy atom. The number of aliphatic carboxylic acids is 1. The number of ketones is 1. The van der Waals surface area contributed by atoms with Crippen molar-refractivity contribution in [2.24, 2.45) is 5.73 Å². The molecule has 0 aliphatic rings. The predicted molar refractivity (Wildman–Crippen MR) is 30.9 cm³/mol. The third kappa shape index (κ3) is 4.96. The van der Waals surface area contributed by atoms with Gasteiger partial charge in [0.25, 0.3) is 0 Å². The molecule has 0 aromatic rings. The van der Waals surface area contributed by atoms with Crippen LogP contribution in [0.4, 0.5) is 0 Å². The number of Topliss-reactive ketones (excluding diaryl/α,β-unsaturated/α-hetero) is 1. The molecule has 3 N–H and O–H groups in total. The van der Waals surface area contributed by atoms with Crippen molar-refractivity contribution in [1.29, 1.82) is 0 Å². The molecule has 4 nitrogen and oxygen atoms in total. The smallest absolute Gasteiger partial charge is 0.303 e. The Balaban J connectivity index is 3.28. The second kappa shape index (κ2) is 4.03. The summed E-state index contributed by atoms with van der Waals surface area (Å²) in [7, 11) is 0. The molecule has 0 rings (SSSR count). The van der Waals surface area contributed by atoms with Crippen LogP contribution in [-0.2, 0) is 9.59 Å². The Bertz CT molecular complexity index is 121. The molecule has 9 heavy (non-hydrogen) atoms. The van der Waals surface area contributed by atoms with Gasteiger partial charge in [-0.1, -0.05) is 0 Å². The van der Waals surface area contributed by atoms with Gasteiger partial charge in [-0.15, -0.1) is 0 Å². The molecule has 0 saturated carbocycles. The van der Waals surface area contributed by atoms with Crippen LogP contribution in [-0.4, -0.2) is 23.4 Å². The van der Waals surface area contributed by atoms with E-state index in [2.05, 4.69) is 0 Å². The Labute approximate surface area is 52.7 Å². The Morgan fingerprint density at radius 3 is 2.22 bits per heavy atom. The first kappa shape index (κ1) is 8.10. The summed E-state index contributed by atoms with van der Waals surface area (Å²) in [5, 5.41) is 8.06. The summed E-state index contributed by atoms with van der Waals surface area (Å²) in [5.41, 5.74) is 4.92. The van der Waals surface area contributed by atoms with E-state index in [9.17, 15) is 9.59 Å². The summed E-state index contributed by atoms with van der Waals surface area (Å²) in [4.78, 5) is 20.2. The minimum Gasteiger partial charge on any atom is -0.481 e. The van der Waals surface area contributed by atoms with E-state index >= 15 is 0 Å². The van der Waals surface area contributed by atoms with Crippen molar-refractivity contribution in [3.63, 3.8) is 0 Å². The molecule has 4 heteroatoms. The highest BCUT2D eigenvalue weighted by Gasteiger charge is 2.01. The minimum atomic E-state index is -0.961. The van der Waals surface area contributed by atoms with Gasteiger partial charge >= 0.3 is 5.97 Å². The molecule has 0 amide bonds. The molecule has 52 valence electrons. The summed E-state index contributed by atoms with van der Waals surface area (Å²) in [6.45, 7) is -0.0622. The van der Waals surface area contributed by atoms with E-state index < -0.39 is 5.97 Å². The number of carbonyl (C=O) groups excluding carboxylic acids is 1. The van der Waals surface area contributed by atoms with Gasteiger partial charge in [-0.25, -0.2) is 0 Å². The van der Waals surface area contributed by atoms with Gasteiger partial charge in [0.05, 0.1) is 13.0 Å². The number of hydrogen-bond donors (Lipinski definition) is 2. The van der Waals surface area contributed by atoms with Crippen LogP contribution < -0.4 is 5.73 Å². The second-order valence-electron chi connectivity index (χ2n) is 1.64. The monoisotopic (exact) mass is 132 g/mol. The van der Waals surface area contributed by atoms with Gasteiger partial charge in [-0.2, -0.15) is 0 Å². The van der Waals surface area contributed by atoms with Gasteiger partial charge in [0.15, 0.2) is 0 Å². The number of nitrogens with two attached hydrogens (primary N) is 1. The van der Waals surface area contributed by atoms with E-state index in [1.165, 1.54) is 0 Å². The molecule has 0 atom stereocenters. The molecule has 0 radical (unpaired) electrons. The Hall–Kier alpha value is -0.900. The van der Waals surface area contributed by atoms with Crippen LogP contribution in [0.15, 0.2) is 0 Å². The zero-order valence-corrected chi connectivity index (χ0v) is 4.96. The van der Waals surface area contributed by atoms with E-state index in [4.69, 9.17) is 10.8 Å². The highest BCUT2D eigenvalue weighted by molar-refractivity contribution is 5.83. The maximum absolute atomic E-state index is 10.3. The number of carbonyl (C=O) groups is 2. The molecular weight excluding hydrogens is 123 g/mol. The minimum absolute atomic E-state index is 0.0475. The predicted octanol–water partition coefficient (Wildman–Crippen LogP) is -0.621. The van der Waals surface area contributed by atoms with E-state index in [-0.39, 0.29) is 25.2 Å². The third-order valence-corrected chi connectivity index (χ3v) is 0.845. The van der Waals surface area contributed by atoms with Gasteiger partial charge in [0, 0.05) is 6.42 Å². The van der Waals surface area contributed by atoms with Crippen LogP contribution in [0.25, 0.3) is 0 Å². The van der Waals surface area contributed by atoms with E-state index in [1.54, 1.807) is 0 Å². The molecule has 0 aliphatic heterocycles. The fourth-order valence-corrected chi connectivity index (χ4v) is 0.348. The fraction of sp³-hybridized carbons (Fsp3) is 0.600. The largest absolute Gasteiger partial charge is 0.481 e. The molecule has 0 bridgehead atoms. The maximum atomic E-state index is 10.3. The third-order valence-electron chi connectivity index (χ3n) is 0.845. The van der Waals surface area contributed by atoms with Crippen molar-refractivity contribution < 1.29 is 14.7 Å². The molecule has 0 aromatic carbocycles.